The molecule has 0 fully saturated rings. The highest BCUT2D eigenvalue weighted by Gasteiger charge is 2.29. The lowest BCUT2D eigenvalue weighted by molar-refractivity contribution is -0.137. The van der Waals surface area contributed by atoms with Crippen LogP contribution in [0.2, 0.25) is 0 Å². The van der Waals surface area contributed by atoms with Crippen molar-refractivity contribution in [2.45, 2.75) is 6.18 Å². The van der Waals surface area contributed by atoms with E-state index in [0.717, 1.165) is 36.7 Å². The van der Waals surface area contributed by atoms with Crippen LogP contribution in [0.5, 0.6) is 0 Å². The normalized spacial score (nSPS) is 11.2. The summed E-state index contributed by atoms with van der Waals surface area (Å²) in [7, 11) is 0. The highest BCUT2D eigenvalue weighted by molar-refractivity contribution is 6.02. The number of carbonyl (C=O) groups is 1. The van der Waals surface area contributed by atoms with Crippen LogP contribution in [0.3, 0.4) is 0 Å². The average molecular weight is 283 g/mol. The SMILES string of the molecule is O=C(Nc1ccc(C(F)(F)F)cc1)c1c[nH]c(=O)cn1. The zero-order valence-corrected chi connectivity index (χ0v) is 9.86. The van der Waals surface area contributed by atoms with Gasteiger partial charge in [-0.05, 0) is 24.3 Å². The monoisotopic (exact) mass is 283 g/mol. The molecule has 5 nitrogen and oxygen atoms in total. The van der Waals surface area contributed by atoms with Crippen molar-refractivity contribution >= 4 is 11.6 Å². The van der Waals surface area contributed by atoms with Crippen LogP contribution >= 0.6 is 0 Å². The van der Waals surface area contributed by atoms with Gasteiger partial charge in [0.15, 0.2) is 0 Å². The van der Waals surface area contributed by atoms with Crippen LogP contribution in [0, 0.1) is 0 Å². The number of benzene rings is 1. The molecule has 0 radical (unpaired) electrons. The number of amides is 1. The number of nitrogens with one attached hydrogen (secondary N) is 2. The summed E-state index contributed by atoms with van der Waals surface area (Å²) in [5.41, 5.74) is -1.13. The molecule has 1 aromatic heterocycles. The van der Waals surface area contributed by atoms with Crippen LogP contribution in [0.1, 0.15) is 16.1 Å². The van der Waals surface area contributed by atoms with Crippen molar-refractivity contribution in [1.29, 1.82) is 0 Å². The summed E-state index contributed by atoms with van der Waals surface area (Å²) in [5.74, 6) is -0.638. The van der Waals surface area contributed by atoms with E-state index >= 15 is 0 Å². The van der Waals surface area contributed by atoms with Crippen LogP contribution in [-0.2, 0) is 6.18 Å². The van der Waals surface area contributed by atoms with Crippen molar-refractivity contribution in [3.05, 3.63) is 58.3 Å². The first kappa shape index (κ1) is 13.8. The number of H-pyrrole nitrogens is 1. The van der Waals surface area contributed by atoms with Gasteiger partial charge in [-0.15, -0.1) is 0 Å². The van der Waals surface area contributed by atoms with Gasteiger partial charge >= 0.3 is 6.18 Å². The number of carbonyl (C=O) groups excluding carboxylic acids is 1. The Morgan fingerprint density at radius 3 is 2.35 bits per heavy atom. The van der Waals surface area contributed by atoms with E-state index in [1.165, 1.54) is 0 Å². The van der Waals surface area contributed by atoms with Gasteiger partial charge in [0.2, 0.25) is 0 Å². The minimum atomic E-state index is -4.43. The van der Waals surface area contributed by atoms with E-state index in [4.69, 9.17) is 0 Å². The Labute approximate surface area is 110 Å². The van der Waals surface area contributed by atoms with Crippen LogP contribution in [0.15, 0.2) is 41.5 Å². The third kappa shape index (κ3) is 3.22. The van der Waals surface area contributed by atoms with Crippen LogP contribution in [-0.4, -0.2) is 15.9 Å². The first-order valence-electron chi connectivity index (χ1n) is 5.39. The van der Waals surface area contributed by atoms with Gasteiger partial charge in [-0.3, -0.25) is 9.59 Å². The first-order chi connectivity index (χ1) is 9.36. The lowest BCUT2D eigenvalue weighted by Crippen LogP contribution is -2.17. The lowest BCUT2D eigenvalue weighted by Gasteiger charge is -2.08. The third-order valence-electron chi connectivity index (χ3n) is 2.37. The van der Waals surface area contributed by atoms with Gasteiger partial charge in [0.1, 0.15) is 5.69 Å². The van der Waals surface area contributed by atoms with E-state index in [2.05, 4.69) is 15.3 Å². The summed E-state index contributed by atoms with van der Waals surface area (Å²) >= 11 is 0. The molecule has 1 amide bonds. The summed E-state index contributed by atoms with van der Waals surface area (Å²) in [5, 5.41) is 2.37. The molecule has 0 aliphatic heterocycles. The van der Waals surface area contributed by atoms with Crippen molar-refractivity contribution in [3.8, 4) is 0 Å². The Morgan fingerprint density at radius 1 is 1.20 bits per heavy atom. The van der Waals surface area contributed by atoms with Gasteiger partial charge in [0, 0.05) is 11.9 Å². The quantitative estimate of drug-likeness (QED) is 0.885. The fourth-order valence-corrected chi connectivity index (χ4v) is 1.40. The molecule has 0 saturated heterocycles. The Morgan fingerprint density at radius 2 is 1.85 bits per heavy atom. The van der Waals surface area contributed by atoms with E-state index < -0.39 is 23.2 Å². The fourth-order valence-electron chi connectivity index (χ4n) is 1.40. The maximum absolute atomic E-state index is 12.4. The van der Waals surface area contributed by atoms with Crippen molar-refractivity contribution < 1.29 is 18.0 Å². The molecule has 8 heteroatoms. The Bertz CT molecular complexity index is 657. The minimum Gasteiger partial charge on any atom is -0.325 e. The molecule has 2 rings (SSSR count). The summed E-state index contributed by atoms with van der Waals surface area (Å²) in [6.45, 7) is 0. The maximum atomic E-state index is 12.4. The van der Waals surface area contributed by atoms with Crippen molar-refractivity contribution in [2.24, 2.45) is 0 Å². The summed E-state index contributed by atoms with van der Waals surface area (Å²) < 4.78 is 37.1. The summed E-state index contributed by atoms with van der Waals surface area (Å²) in [6.07, 6.45) is -2.38. The first-order valence-corrected chi connectivity index (χ1v) is 5.39. The smallest absolute Gasteiger partial charge is 0.325 e. The second kappa shape index (κ2) is 5.16. The zero-order chi connectivity index (χ0) is 14.8. The second-order valence-corrected chi connectivity index (χ2v) is 3.83. The molecule has 0 saturated carbocycles. The van der Waals surface area contributed by atoms with Gasteiger partial charge in [-0.1, -0.05) is 0 Å². The highest BCUT2D eigenvalue weighted by Crippen LogP contribution is 2.29. The molecule has 0 unspecified atom stereocenters. The Hall–Kier alpha value is -2.64. The van der Waals surface area contributed by atoms with E-state index in [0.29, 0.717) is 0 Å². The lowest BCUT2D eigenvalue weighted by atomic mass is 10.2. The molecule has 0 aliphatic carbocycles. The number of nitrogens with zero attached hydrogens (tertiary/aromatic N) is 1. The minimum absolute atomic E-state index is 0.0514. The van der Waals surface area contributed by atoms with Gasteiger partial charge in [0.25, 0.3) is 11.5 Å². The molecule has 0 atom stereocenters. The molecule has 1 heterocycles. The molecule has 1 aromatic carbocycles. The predicted molar refractivity (Wildman–Crippen MR) is 64.3 cm³/mol. The average Bonchev–Trinajstić information content (AvgIpc) is 2.39. The van der Waals surface area contributed by atoms with Crippen LogP contribution in [0.4, 0.5) is 18.9 Å². The standard InChI is InChI=1S/C12H8F3N3O2/c13-12(14,15)7-1-3-8(4-2-7)18-11(20)9-5-17-10(19)6-16-9/h1-6H,(H,17,19)(H,18,20). The second-order valence-electron chi connectivity index (χ2n) is 3.83. The van der Waals surface area contributed by atoms with Gasteiger partial charge in [0.05, 0.1) is 11.8 Å². The number of hydrogen-bond acceptors (Lipinski definition) is 3. The van der Waals surface area contributed by atoms with Crippen LogP contribution < -0.4 is 10.9 Å². The molecule has 0 aliphatic rings. The van der Waals surface area contributed by atoms with E-state index in [1.54, 1.807) is 0 Å². The summed E-state index contributed by atoms with van der Waals surface area (Å²) in [4.78, 5) is 28.3. The molecule has 104 valence electrons. The number of aromatic amines is 1. The Kier molecular flexibility index (Phi) is 3.55. The topological polar surface area (TPSA) is 74.8 Å². The Balaban J connectivity index is 2.12. The molecule has 2 N–H and O–H groups in total. The number of rotatable bonds is 2. The number of hydrogen-bond donors (Lipinski definition) is 2. The summed E-state index contributed by atoms with van der Waals surface area (Å²) in [6, 6.07) is 3.98. The van der Waals surface area contributed by atoms with E-state index in [1.807, 2.05) is 0 Å². The van der Waals surface area contributed by atoms with Crippen molar-refractivity contribution in [3.63, 3.8) is 0 Å². The number of halogens is 3. The van der Waals surface area contributed by atoms with Crippen molar-refractivity contribution in [1.82, 2.24) is 9.97 Å². The van der Waals surface area contributed by atoms with E-state index in [-0.39, 0.29) is 11.4 Å². The fraction of sp³-hybridized carbons (Fsp3) is 0.0833. The van der Waals surface area contributed by atoms with Gasteiger partial charge in [-0.25, -0.2) is 4.98 Å². The zero-order valence-electron chi connectivity index (χ0n) is 9.86. The number of alkyl halides is 3. The highest BCUT2D eigenvalue weighted by atomic mass is 19.4. The molecule has 0 bridgehead atoms. The van der Waals surface area contributed by atoms with Crippen molar-refractivity contribution in [2.75, 3.05) is 5.32 Å². The molecule has 2 aromatic rings. The van der Waals surface area contributed by atoms with E-state index in [9.17, 15) is 22.8 Å². The number of aromatic nitrogens is 2. The molecular weight excluding hydrogens is 275 g/mol. The van der Waals surface area contributed by atoms with Gasteiger partial charge < -0.3 is 10.3 Å². The van der Waals surface area contributed by atoms with Crippen LogP contribution in [0.25, 0.3) is 0 Å². The maximum Gasteiger partial charge on any atom is 0.416 e. The van der Waals surface area contributed by atoms with Gasteiger partial charge in [-0.2, -0.15) is 13.2 Å². The predicted octanol–water partition coefficient (Wildman–Crippen LogP) is 2.04. The molecule has 0 spiro atoms. The molecule has 20 heavy (non-hydrogen) atoms. The molecular formula is C12H8F3N3O2. The number of anilines is 1. The third-order valence-corrected chi connectivity index (χ3v) is 2.37. The largest absolute Gasteiger partial charge is 0.416 e.